The van der Waals surface area contributed by atoms with E-state index in [9.17, 15) is 4.79 Å². The number of esters is 1. The first kappa shape index (κ1) is 14.2. The first-order valence-corrected chi connectivity index (χ1v) is 6.77. The Bertz CT molecular complexity index is 458. The molecule has 0 unspecified atom stereocenters. The molecule has 19 heavy (non-hydrogen) atoms. The molecule has 1 aromatic carbocycles. The van der Waals surface area contributed by atoms with Gasteiger partial charge in [0.2, 0.25) is 0 Å². The molecule has 1 saturated carbocycles. The van der Waals surface area contributed by atoms with Crippen LogP contribution in [0.25, 0.3) is 0 Å². The topological polar surface area (TPSA) is 47.6 Å². The molecule has 1 N–H and O–H groups in total. The highest BCUT2D eigenvalue weighted by molar-refractivity contribution is 6.31. The fourth-order valence-electron chi connectivity index (χ4n) is 2.20. The fourth-order valence-corrected chi connectivity index (χ4v) is 2.37. The zero-order valence-electron chi connectivity index (χ0n) is 11.1. The van der Waals surface area contributed by atoms with Crippen LogP contribution in [0.1, 0.15) is 30.1 Å². The van der Waals surface area contributed by atoms with Crippen molar-refractivity contribution in [3.05, 3.63) is 28.8 Å². The van der Waals surface area contributed by atoms with E-state index >= 15 is 0 Å². The van der Waals surface area contributed by atoms with Gasteiger partial charge in [0.1, 0.15) is 0 Å². The Morgan fingerprint density at radius 1 is 1.47 bits per heavy atom. The zero-order valence-corrected chi connectivity index (χ0v) is 11.9. The predicted octanol–water partition coefficient (Wildman–Crippen LogP) is 3.11. The van der Waals surface area contributed by atoms with Gasteiger partial charge in [-0.25, -0.2) is 4.79 Å². The van der Waals surface area contributed by atoms with Crippen LogP contribution in [0.5, 0.6) is 0 Å². The number of benzene rings is 1. The fraction of sp³-hybridized carbons (Fsp3) is 0.500. The molecule has 0 heterocycles. The van der Waals surface area contributed by atoms with Crippen molar-refractivity contribution < 1.29 is 14.3 Å². The summed E-state index contributed by atoms with van der Waals surface area (Å²) in [6.45, 7) is 2.73. The van der Waals surface area contributed by atoms with Gasteiger partial charge in [0.05, 0.1) is 24.5 Å². The molecule has 0 atom stereocenters. The minimum atomic E-state index is -0.361. The number of carbonyl (C=O) groups excluding carboxylic acids is 1. The molecule has 104 valence electrons. The van der Waals surface area contributed by atoms with Crippen molar-refractivity contribution in [1.82, 2.24) is 0 Å². The second-order valence-electron chi connectivity index (χ2n) is 4.57. The number of rotatable bonds is 5. The summed E-state index contributed by atoms with van der Waals surface area (Å²) in [4.78, 5) is 11.7. The molecule has 1 fully saturated rings. The lowest BCUT2D eigenvalue weighted by Crippen LogP contribution is -2.41. The van der Waals surface area contributed by atoms with Gasteiger partial charge in [0, 0.05) is 17.7 Å². The van der Waals surface area contributed by atoms with Crippen molar-refractivity contribution in [2.75, 3.05) is 19.0 Å². The highest BCUT2D eigenvalue weighted by atomic mass is 35.5. The third-order valence-corrected chi connectivity index (χ3v) is 3.48. The van der Waals surface area contributed by atoms with E-state index in [1.807, 2.05) is 6.92 Å². The first-order valence-electron chi connectivity index (χ1n) is 6.40. The van der Waals surface area contributed by atoms with Crippen LogP contribution in [0, 0.1) is 0 Å². The largest absolute Gasteiger partial charge is 0.465 e. The predicted molar refractivity (Wildman–Crippen MR) is 74.9 cm³/mol. The maximum Gasteiger partial charge on any atom is 0.339 e. The number of ether oxygens (including phenoxy) is 2. The van der Waals surface area contributed by atoms with Crippen LogP contribution in [-0.4, -0.2) is 31.8 Å². The minimum Gasteiger partial charge on any atom is -0.465 e. The zero-order chi connectivity index (χ0) is 13.8. The van der Waals surface area contributed by atoms with Crippen molar-refractivity contribution in [1.29, 1.82) is 0 Å². The van der Waals surface area contributed by atoms with E-state index in [1.165, 1.54) is 7.11 Å². The summed E-state index contributed by atoms with van der Waals surface area (Å²) in [5, 5.41) is 3.92. The van der Waals surface area contributed by atoms with Gasteiger partial charge in [-0.15, -0.1) is 0 Å². The first-order chi connectivity index (χ1) is 9.13. The molecule has 0 spiro atoms. The molecular formula is C14H18ClNO3. The van der Waals surface area contributed by atoms with E-state index in [0.29, 0.717) is 22.7 Å². The number of carbonyl (C=O) groups is 1. The minimum absolute atomic E-state index is 0.318. The lowest BCUT2D eigenvalue weighted by Gasteiger charge is -2.36. The number of hydrogen-bond acceptors (Lipinski definition) is 4. The average molecular weight is 284 g/mol. The van der Waals surface area contributed by atoms with Crippen molar-refractivity contribution in [3.63, 3.8) is 0 Å². The Balaban J connectivity index is 2.03. The van der Waals surface area contributed by atoms with Gasteiger partial charge < -0.3 is 14.8 Å². The van der Waals surface area contributed by atoms with Crippen molar-refractivity contribution >= 4 is 23.3 Å². The lowest BCUT2D eigenvalue weighted by atomic mass is 9.89. The van der Waals surface area contributed by atoms with Crippen molar-refractivity contribution in [2.45, 2.75) is 31.9 Å². The number of methoxy groups -OCH3 is 1. The summed E-state index contributed by atoms with van der Waals surface area (Å²) in [6.07, 6.45) is 2.21. The standard InChI is InChI=1S/C14H18ClNO3/c1-3-19-11-7-10(8-11)16-13-6-9(15)4-5-12(13)14(17)18-2/h4-6,10-11,16H,3,7-8H2,1-2H3. The molecule has 1 aliphatic rings. The van der Waals surface area contributed by atoms with Gasteiger partial charge >= 0.3 is 5.97 Å². The Kier molecular flexibility index (Phi) is 4.66. The maximum atomic E-state index is 11.7. The molecule has 1 aromatic rings. The maximum absolute atomic E-state index is 11.7. The van der Waals surface area contributed by atoms with Gasteiger partial charge in [-0.3, -0.25) is 0 Å². The monoisotopic (exact) mass is 283 g/mol. The average Bonchev–Trinajstić information content (AvgIpc) is 2.35. The van der Waals surface area contributed by atoms with Crippen molar-refractivity contribution in [3.8, 4) is 0 Å². The molecule has 0 saturated heterocycles. The molecule has 5 heteroatoms. The Morgan fingerprint density at radius 2 is 2.21 bits per heavy atom. The van der Waals surface area contributed by atoms with Crippen LogP contribution >= 0.6 is 11.6 Å². The lowest BCUT2D eigenvalue weighted by molar-refractivity contribution is 0.00298. The Hall–Kier alpha value is -1.26. The summed E-state index contributed by atoms with van der Waals surface area (Å²) in [5.74, 6) is -0.361. The summed E-state index contributed by atoms with van der Waals surface area (Å²) >= 11 is 5.97. The van der Waals surface area contributed by atoms with E-state index in [4.69, 9.17) is 21.1 Å². The highest BCUT2D eigenvalue weighted by Crippen LogP contribution is 2.29. The molecule has 0 bridgehead atoms. The highest BCUT2D eigenvalue weighted by Gasteiger charge is 2.30. The molecule has 0 amide bonds. The second kappa shape index (κ2) is 6.26. The van der Waals surface area contributed by atoms with E-state index in [0.717, 1.165) is 25.1 Å². The molecule has 0 aliphatic heterocycles. The van der Waals surface area contributed by atoms with Crippen LogP contribution in [-0.2, 0) is 9.47 Å². The van der Waals surface area contributed by atoms with Gasteiger partial charge in [-0.05, 0) is 38.0 Å². The number of hydrogen-bond donors (Lipinski definition) is 1. The second-order valence-corrected chi connectivity index (χ2v) is 5.01. The summed E-state index contributed by atoms with van der Waals surface area (Å²) < 4.78 is 10.3. The van der Waals surface area contributed by atoms with E-state index in [2.05, 4.69) is 5.32 Å². The van der Waals surface area contributed by atoms with Crippen LogP contribution in [0.3, 0.4) is 0 Å². The Labute approximate surface area is 118 Å². The van der Waals surface area contributed by atoms with Crippen LogP contribution in [0.15, 0.2) is 18.2 Å². The normalized spacial score (nSPS) is 21.6. The number of anilines is 1. The van der Waals surface area contributed by atoms with Crippen LogP contribution in [0.4, 0.5) is 5.69 Å². The van der Waals surface area contributed by atoms with Gasteiger partial charge in [0.15, 0.2) is 0 Å². The SMILES string of the molecule is CCOC1CC(Nc2cc(Cl)ccc2C(=O)OC)C1. The van der Waals surface area contributed by atoms with E-state index in [1.54, 1.807) is 18.2 Å². The number of nitrogens with one attached hydrogen (secondary N) is 1. The smallest absolute Gasteiger partial charge is 0.339 e. The Morgan fingerprint density at radius 3 is 2.84 bits per heavy atom. The van der Waals surface area contributed by atoms with Crippen LogP contribution in [0.2, 0.25) is 5.02 Å². The van der Waals surface area contributed by atoms with Crippen molar-refractivity contribution in [2.24, 2.45) is 0 Å². The molecular weight excluding hydrogens is 266 g/mol. The summed E-state index contributed by atoms with van der Waals surface area (Å²) in [6, 6.07) is 5.43. The molecule has 1 aliphatic carbocycles. The number of halogens is 1. The summed E-state index contributed by atoms with van der Waals surface area (Å²) in [5.41, 5.74) is 1.23. The van der Waals surface area contributed by atoms with E-state index in [-0.39, 0.29) is 5.97 Å². The van der Waals surface area contributed by atoms with Crippen LogP contribution < -0.4 is 5.32 Å². The summed E-state index contributed by atoms with van der Waals surface area (Å²) in [7, 11) is 1.37. The molecule has 4 nitrogen and oxygen atoms in total. The van der Waals surface area contributed by atoms with Gasteiger partial charge in [-0.1, -0.05) is 11.6 Å². The van der Waals surface area contributed by atoms with E-state index < -0.39 is 0 Å². The van der Waals surface area contributed by atoms with Gasteiger partial charge in [0.25, 0.3) is 0 Å². The quantitative estimate of drug-likeness (QED) is 0.844. The van der Waals surface area contributed by atoms with Gasteiger partial charge in [-0.2, -0.15) is 0 Å². The molecule has 2 rings (SSSR count). The molecule has 0 aromatic heterocycles. The third-order valence-electron chi connectivity index (χ3n) is 3.24. The molecule has 0 radical (unpaired) electrons. The third kappa shape index (κ3) is 3.39.